The zero-order valence-corrected chi connectivity index (χ0v) is 15.8. The molecule has 2 aliphatic rings. The molecule has 3 nitrogen and oxygen atoms in total. The minimum atomic E-state index is 0.0522. The number of para-hydroxylation sites is 2. The topological polar surface area (TPSA) is 44.9 Å². The highest BCUT2D eigenvalue weighted by Crippen LogP contribution is 2.48. The number of benzene rings is 2. The minimum absolute atomic E-state index is 0.0522. The van der Waals surface area contributed by atoms with Gasteiger partial charge in [0.1, 0.15) is 0 Å². The maximum atomic E-state index is 13.1. The molecule has 2 atom stereocenters. The lowest BCUT2D eigenvalue weighted by Crippen LogP contribution is -2.22. The number of fused-ring (bicyclic) bond motifs is 2. The largest absolute Gasteiger partial charge is 0.358 e. The number of H-pyrrole nitrogens is 1. The first kappa shape index (κ1) is 16.4. The molecule has 2 unspecified atom stereocenters. The monoisotopic (exact) mass is 356 g/mol. The van der Waals surface area contributed by atoms with Crippen molar-refractivity contribution in [3.05, 3.63) is 76.6 Å². The molecule has 0 radical (unpaired) electrons. The standard InChI is InChI=1S/C24H24N2O/c1-14-16-8-3-5-10-18(16)25-20-12-7-13-21(27)23(20)22(14)24-15(2)17-9-4-6-11-19(17)26-24/h3-6,8-11,14,22,25-26H,7,12-13H2,1-2H3. The number of aryl methyl sites for hydroxylation is 1. The smallest absolute Gasteiger partial charge is 0.161 e. The molecule has 2 heterocycles. The maximum absolute atomic E-state index is 13.1. The summed E-state index contributed by atoms with van der Waals surface area (Å²) in [6, 6.07) is 16.9. The second-order valence-electron chi connectivity index (χ2n) is 7.86. The fourth-order valence-corrected chi connectivity index (χ4v) is 4.96. The van der Waals surface area contributed by atoms with E-state index in [1.807, 2.05) is 0 Å². The lowest BCUT2D eigenvalue weighted by molar-refractivity contribution is -0.116. The number of ketones is 1. The van der Waals surface area contributed by atoms with E-state index in [2.05, 4.69) is 72.7 Å². The van der Waals surface area contributed by atoms with Crippen LogP contribution in [-0.4, -0.2) is 10.8 Å². The Morgan fingerprint density at radius 3 is 2.63 bits per heavy atom. The van der Waals surface area contributed by atoms with E-state index >= 15 is 0 Å². The molecule has 3 aromatic rings. The first-order valence-corrected chi connectivity index (χ1v) is 9.84. The van der Waals surface area contributed by atoms with Gasteiger partial charge in [0.25, 0.3) is 0 Å². The van der Waals surface area contributed by atoms with Gasteiger partial charge in [-0.2, -0.15) is 0 Å². The first-order chi connectivity index (χ1) is 13.1. The number of aromatic amines is 1. The Morgan fingerprint density at radius 2 is 1.78 bits per heavy atom. The maximum Gasteiger partial charge on any atom is 0.161 e. The fourth-order valence-electron chi connectivity index (χ4n) is 4.96. The Labute approximate surface area is 159 Å². The van der Waals surface area contributed by atoms with E-state index in [1.165, 1.54) is 22.2 Å². The lowest BCUT2D eigenvalue weighted by atomic mass is 9.75. The van der Waals surface area contributed by atoms with Crippen molar-refractivity contribution in [3.8, 4) is 0 Å². The van der Waals surface area contributed by atoms with Gasteiger partial charge in [0.15, 0.2) is 5.78 Å². The van der Waals surface area contributed by atoms with Gasteiger partial charge in [-0.15, -0.1) is 0 Å². The highest BCUT2D eigenvalue weighted by Gasteiger charge is 2.38. The number of carbonyl (C=O) groups excluding carboxylic acids is 1. The number of carbonyl (C=O) groups is 1. The molecule has 0 bridgehead atoms. The summed E-state index contributed by atoms with van der Waals surface area (Å²) >= 11 is 0. The zero-order chi connectivity index (χ0) is 18.5. The highest BCUT2D eigenvalue weighted by atomic mass is 16.1. The molecule has 0 spiro atoms. The van der Waals surface area contributed by atoms with E-state index < -0.39 is 0 Å². The normalized spacial score (nSPS) is 22.2. The second kappa shape index (κ2) is 6.12. The number of allylic oxidation sites excluding steroid dienone is 2. The highest BCUT2D eigenvalue weighted by molar-refractivity contribution is 6.00. The summed E-state index contributed by atoms with van der Waals surface area (Å²) in [5.41, 5.74) is 8.11. The molecule has 0 amide bonds. The van der Waals surface area contributed by atoms with Crippen LogP contribution in [0.1, 0.15) is 54.8 Å². The number of Topliss-reactive ketones (excluding diaryl/α,β-unsaturated/α-hetero) is 1. The number of aromatic nitrogens is 1. The Bertz CT molecular complexity index is 1090. The average molecular weight is 356 g/mol. The average Bonchev–Trinajstić information content (AvgIpc) is 2.94. The van der Waals surface area contributed by atoms with Gasteiger partial charge in [-0.05, 0) is 48.9 Å². The molecule has 27 heavy (non-hydrogen) atoms. The van der Waals surface area contributed by atoms with E-state index in [0.29, 0.717) is 12.2 Å². The van der Waals surface area contributed by atoms with Crippen LogP contribution < -0.4 is 5.32 Å². The van der Waals surface area contributed by atoms with Gasteiger partial charge in [-0.3, -0.25) is 4.79 Å². The van der Waals surface area contributed by atoms with E-state index in [-0.39, 0.29) is 11.8 Å². The summed E-state index contributed by atoms with van der Waals surface area (Å²) in [7, 11) is 0. The summed E-state index contributed by atoms with van der Waals surface area (Å²) in [5, 5.41) is 4.87. The molecule has 3 heteroatoms. The molecule has 0 fully saturated rings. The zero-order valence-electron chi connectivity index (χ0n) is 15.8. The number of hydrogen-bond acceptors (Lipinski definition) is 2. The SMILES string of the molecule is Cc1c(C2C3=C(CCCC3=O)Nc3ccccc3C2C)[nH]c2ccccc12. The van der Waals surface area contributed by atoms with Crippen molar-refractivity contribution in [2.45, 2.75) is 44.9 Å². The fraction of sp³-hybridized carbons (Fsp3) is 0.292. The van der Waals surface area contributed by atoms with Crippen molar-refractivity contribution in [1.29, 1.82) is 0 Å². The van der Waals surface area contributed by atoms with Gasteiger partial charge >= 0.3 is 0 Å². The summed E-state index contributed by atoms with van der Waals surface area (Å²) in [5.74, 6) is 0.567. The van der Waals surface area contributed by atoms with Gasteiger partial charge < -0.3 is 10.3 Å². The summed E-state index contributed by atoms with van der Waals surface area (Å²) < 4.78 is 0. The number of nitrogens with one attached hydrogen (secondary N) is 2. The van der Waals surface area contributed by atoms with Crippen LogP contribution in [0.15, 0.2) is 59.8 Å². The number of hydrogen-bond donors (Lipinski definition) is 2. The minimum Gasteiger partial charge on any atom is -0.358 e. The molecule has 1 aromatic heterocycles. The van der Waals surface area contributed by atoms with Crippen LogP contribution in [-0.2, 0) is 4.79 Å². The number of rotatable bonds is 1. The Morgan fingerprint density at radius 1 is 1.00 bits per heavy atom. The van der Waals surface area contributed by atoms with Crippen molar-refractivity contribution >= 4 is 22.4 Å². The molecule has 2 aromatic carbocycles. The molecular formula is C24H24N2O. The van der Waals surface area contributed by atoms with Crippen molar-refractivity contribution in [1.82, 2.24) is 4.98 Å². The van der Waals surface area contributed by atoms with E-state index in [9.17, 15) is 4.79 Å². The van der Waals surface area contributed by atoms with Crippen LogP contribution in [0.3, 0.4) is 0 Å². The summed E-state index contributed by atoms with van der Waals surface area (Å²) in [6.07, 6.45) is 2.52. The van der Waals surface area contributed by atoms with Crippen molar-refractivity contribution < 1.29 is 4.79 Å². The third-order valence-corrected chi connectivity index (χ3v) is 6.32. The van der Waals surface area contributed by atoms with Crippen LogP contribution in [0.4, 0.5) is 5.69 Å². The van der Waals surface area contributed by atoms with Crippen molar-refractivity contribution in [2.24, 2.45) is 0 Å². The predicted octanol–water partition coefficient (Wildman–Crippen LogP) is 5.80. The molecule has 136 valence electrons. The van der Waals surface area contributed by atoms with Gasteiger partial charge in [0.05, 0.1) is 0 Å². The molecule has 0 saturated heterocycles. The molecule has 1 aliphatic heterocycles. The van der Waals surface area contributed by atoms with Gasteiger partial charge in [-0.1, -0.05) is 43.3 Å². The van der Waals surface area contributed by atoms with Gasteiger partial charge in [0, 0.05) is 45.9 Å². The molecule has 1 aliphatic carbocycles. The Balaban J connectivity index is 1.78. The van der Waals surface area contributed by atoms with Crippen LogP contribution in [0.25, 0.3) is 10.9 Å². The molecular weight excluding hydrogens is 332 g/mol. The molecule has 0 saturated carbocycles. The lowest BCUT2D eigenvalue weighted by Gasteiger charge is -2.28. The van der Waals surface area contributed by atoms with Gasteiger partial charge in [0.2, 0.25) is 0 Å². The van der Waals surface area contributed by atoms with Crippen molar-refractivity contribution in [3.63, 3.8) is 0 Å². The quantitative estimate of drug-likeness (QED) is 0.579. The third-order valence-electron chi connectivity index (χ3n) is 6.32. The van der Waals surface area contributed by atoms with Crippen LogP contribution in [0.2, 0.25) is 0 Å². The van der Waals surface area contributed by atoms with Crippen molar-refractivity contribution in [2.75, 3.05) is 5.32 Å². The third kappa shape index (κ3) is 2.45. The van der Waals surface area contributed by atoms with E-state index in [4.69, 9.17) is 0 Å². The van der Waals surface area contributed by atoms with E-state index in [0.717, 1.165) is 35.3 Å². The van der Waals surface area contributed by atoms with Crippen LogP contribution in [0, 0.1) is 6.92 Å². The Hall–Kier alpha value is -2.81. The van der Waals surface area contributed by atoms with Crippen LogP contribution in [0.5, 0.6) is 0 Å². The Kier molecular flexibility index (Phi) is 3.71. The molecule has 5 rings (SSSR count). The first-order valence-electron chi connectivity index (χ1n) is 9.84. The second-order valence-corrected chi connectivity index (χ2v) is 7.86. The predicted molar refractivity (Wildman–Crippen MR) is 110 cm³/mol. The summed E-state index contributed by atoms with van der Waals surface area (Å²) in [6.45, 7) is 4.44. The van der Waals surface area contributed by atoms with E-state index in [1.54, 1.807) is 0 Å². The van der Waals surface area contributed by atoms with Crippen LogP contribution >= 0.6 is 0 Å². The number of anilines is 1. The molecule has 2 N–H and O–H groups in total. The summed E-state index contributed by atoms with van der Waals surface area (Å²) in [4.78, 5) is 16.7. The van der Waals surface area contributed by atoms with Gasteiger partial charge in [-0.25, -0.2) is 0 Å².